The highest BCUT2D eigenvalue weighted by atomic mass is 35.6. The van der Waals surface area contributed by atoms with Crippen molar-refractivity contribution in [3.8, 4) is 0 Å². The van der Waals surface area contributed by atoms with E-state index in [0.717, 1.165) is 6.42 Å². The van der Waals surface area contributed by atoms with Crippen LogP contribution in [0.2, 0.25) is 0 Å². The van der Waals surface area contributed by atoms with Crippen molar-refractivity contribution in [2.45, 2.75) is 91.5 Å². The molecule has 16 heteroatoms. The molecule has 1 atom stereocenters. The van der Waals surface area contributed by atoms with Crippen LogP contribution in [0.25, 0.3) is 0 Å². The zero-order valence-electron chi connectivity index (χ0n) is 16.1. The van der Waals surface area contributed by atoms with Gasteiger partial charge in [0.25, 0.3) is 0 Å². The van der Waals surface area contributed by atoms with E-state index < -0.39 is 58.3 Å². The van der Waals surface area contributed by atoms with Gasteiger partial charge in [0.1, 0.15) is 0 Å². The number of rotatable bonds is 12. The molecule has 0 bridgehead atoms. The van der Waals surface area contributed by atoms with Crippen molar-refractivity contribution < 1.29 is 57.1 Å². The van der Waals surface area contributed by atoms with Gasteiger partial charge in [-0.25, -0.2) is 0 Å². The van der Waals surface area contributed by atoms with Crippen molar-refractivity contribution in [2.24, 2.45) is 5.92 Å². The average Bonchev–Trinajstić information content (AvgIpc) is 2.57. The lowest BCUT2D eigenvalue weighted by atomic mass is 9.85. The highest BCUT2D eigenvalue weighted by Gasteiger charge is 2.91. The van der Waals surface area contributed by atoms with Crippen molar-refractivity contribution in [2.75, 3.05) is 0 Å². The lowest BCUT2D eigenvalue weighted by Gasteiger charge is -2.43. The van der Waals surface area contributed by atoms with Gasteiger partial charge in [0.05, 0.1) is 5.92 Å². The Morgan fingerprint density at radius 3 is 1.28 bits per heavy atom. The number of alkyl halides is 16. The van der Waals surface area contributed by atoms with Crippen LogP contribution in [-0.4, -0.2) is 39.6 Å². The van der Waals surface area contributed by atoms with Crippen LogP contribution in [0.5, 0.6) is 0 Å². The van der Waals surface area contributed by atoms with E-state index in [1.807, 2.05) is 6.92 Å². The molecule has 0 saturated carbocycles. The number of unbranched alkanes of at least 4 members (excludes halogenated alkanes) is 5. The minimum atomic E-state index is -7.98. The second kappa shape index (κ2) is 10.3. The zero-order valence-corrected chi connectivity index (χ0v) is 18.3. The van der Waals surface area contributed by atoms with Crippen molar-refractivity contribution in [3.63, 3.8) is 0 Å². The predicted octanol–water partition coefficient (Wildman–Crippen LogP) is 9.46. The summed E-state index contributed by atoms with van der Waals surface area (Å²) in [5, 5.41) is 0. The molecule has 0 saturated heterocycles. The molecule has 0 radical (unpaired) electrons. The Kier molecular flexibility index (Phi) is 10.3. The van der Waals surface area contributed by atoms with Gasteiger partial charge in [-0.15, -0.1) is 0 Å². The van der Waals surface area contributed by atoms with E-state index in [1.165, 1.54) is 0 Å². The standard InChI is InChI=1S/C16H18Cl3F13/c1-2-3-4-5-6-7-8-9(11(17,18)19)10(20,21)12(22,23)13(24,25)14(26,27)15(28,29)16(30,31)32/h9H,2-8H2,1H3. The van der Waals surface area contributed by atoms with E-state index in [1.54, 1.807) is 0 Å². The molecule has 0 aliphatic rings. The molecule has 0 aromatic carbocycles. The summed E-state index contributed by atoms with van der Waals surface area (Å²) in [6.07, 6.45) is -6.76. The lowest BCUT2D eigenvalue weighted by Crippen LogP contribution is -2.71. The Labute approximate surface area is 189 Å². The van der Waals surface area contributed by atoms with Gasteiger partial charge in [-0.05, 0) is 6.42 Å². The van der Waals surface area contributed by atoms with Crippen molar-refractivity contribution >= 4 is 34.8 Å². The van der Waals surface area contributed by atoms with Crippen molar-refractivity contribution in [3.05, 3.63) is 0 Å². The zero-order chi connectivity index (χ0) is 26.0. The maximum atomic E-state index is 14.4. The van der Waals surface area contributed by atoms with Gasteiger partial charge in [-0.1, -0.05) is 80.3 Å². The molecule has 0 aliphatic heterocycles. The second-order valence-electron chi connectivity index (χ2n) is 7.07. The quantitative estimate of drug-likeness (QED) is 0.126. The number of hydrogen-bond acceptors (Lipinski definition) is 0. The van der Waals surface area contributed by atoms with Crippen LogP contribution in [0.4, 0.5) is 57.1 Å². The molecule has 0 heterocycles. The SMILES string of the molecule is CCCCCCCCC(C(Cl)(Cl)Cl)C(F)(F)C(F)(F)C(F)(F)C(F)(F)C(F)(F)C(F)(F)F. The number of halogens is 16. The Morgan fingerprint density at radius 2 is 0.906 bits per heavy atom. The molecule has 0 aromatic heterocycles. The van der Waals surface area contributed by atoms with Gasteiger partial charge in [-0.3, -0.25) is 0 Å². The summed E-state index contributed by atoms with van der Waals surface area (Å²) >= 11 is 15.4. The summed E-state index contributed by atoms with van der Waals surface area (Å²) in [6.45, 7) is 1.82. The Hall–Kier alpha value is -0.0400. The Morgan fingerprint density at radius 1 is 0.531 bits per heavy atom. The third-order valence-corrected chi connectivity index (χ3v) is 5.43. The lowest BCUT2D eigenvalue weighted by molar-refractivity contribution is -0.443. The fourth-order valence-electron chi connectivity index (χ4n) is 2.68. The summed E-state index contributed by atoms with van der Waals surface area (Å²) < 4.78 is 169. The minimum absolute atomic E-state index is 0.0393. The van der Waals surface area contributed by atoms with E-state index in [0.29, 0.717) is 19.3 Å². The molecule has 194 valence electrons. The van der Waals surface area contributed by atoms with Crippen LogP contribution in [-0.2, 0) is 0 Å². The summed E-state index contributed by atoms with van der Waals surface area (Å²) in [5.41, 5.74) is 0. The van der Waals surface area contributed by atoms with Crippen molar-refractivity contribution in [1.29, 1.82) is 0 Å². The predicted molar refractivity (Wildman–Crippen MR) is 92.6 cm³/mol. The molecular weight excluding hydrogens is 546 g/mol. The molecule has 0 aliphatic carbocycles. The van der Waals surface area contributed by atoms with Crippen LogP contribution in [0, 0.1) is 5.92 Å². The molecule has 0 N–H and O–H groups in total. The van der Waals surface area contributed by atoms with E-state index in [4.69, 9.17) is 34.8 Å². The molecule has 0 amide bonds. The molecule has 32 heavy (non-hydrogen) atoms. The first kappa shape index (κ1) is 32.0. The molecule has 0 aromatic rings. The molecule has 1 unspecified atom stereocenters. The largest absolute Gasteiger partial charge is 0.460 e. The van der Waals surface area contributed by atoms with E-state index in [9.17, 15) is 57.1 Å². The summed E-state index contributed by atoms with van der Waals surface area (Å²) in [7, 11) is 0. The molecule has 0 spiro atoms. The molecule has 0 fully saturated rings. The van der Waals surface area contributed by atoms with Crippen LogP contribution < -0.4 is 0 Å². The van der Waals surface area contributed by atoms with E-state index in [-0.39, 0.29) is 6.42 Å². The maximum Gasteiger partial charge on any atom is 0.460 e. The van der Waals surface area contributed by atoms with Crippen molar-refractivity contribution in [1.82, 2.24) is 0 Å². The Bertz CT molecular complexity index is 597. The monoisotopic (exact) mass is 562 g/mol. The first-order valence-electron chi connectivity index (χ1n) is 8.97. The molecule has 0 rings (SSSR count). The van der Waals surface area contributed by atoms with Crippen LogP contribution in [0.3, 0.4) is 0 Å². The van der Waals surface area contributed by atoms with Gasteiger partial charge < -0.3 is 0 Å². The number of hydrogen-bond donors (Lipinski definition) is 0. The maximum absolute atomic E-state index is 14.4. The second-order valence-corrected chi connectivity index (χ2v) is 9.44. The summed E-state index contributed by atoms with van der Waals surface area (Å²) in [4.78, 5) is 0. The third-order valence-electron chi connectivity index (χ3n) is 4.64. The van der Waals surface area contributed by atoms with Crippen LogP contribution in [0.1, 0.15) is 51.9 Å². The minimum Gasteiger partial charge on any atom is -0.199 e. The van der Waals surface area contributed by atoms with Crippen LogP contribution >= 0.6 is 34.8 Å². The van der Waals surface area contributed by atoms with Gasteiger partial charge in [0.15, 0.2) is 3.79 Å². The Balaban J connectivity index is 6.12. The fourth-order valence-corrected chi connectivity index (χ4v) is 3.42. The van der Waals surface area contributed by atoms with Crippen LogP contribution in [0.15, 0.2) is 0 Å². The molecule has 0 nitrogen and oxygen atoms in total. The van der Waals surface area contributed by atoms with Gasteiger partial charge >= 0.3 is 35.8 Å². The van der Waals surface area contributed by atoms with E-state index >= 15 is 0 Å². The summed E-state index contributed by atoms with van der Waals surface area (Å²) in [5.74, 6) is -41.0. The normalized spacial score (nSPS) is 16.4. The van der Waals surface area contributed by atoms with E-state index in [2.05, 4.69) is 0 Å². The smallest absolute Gasteiger partial charge is 0.199 e. The van der Waals surface area contributed by atoms with Gasteiger partial charge in [0, 0.05) is 0 Å². The first-order valence-corrected chi connectivity index (χ1v) is 10.1. The first-order chi connectivity index (χ1) is 13.9. The highest BCUT2D eigenvalue weighted by molar-refractivity contribution is 6.67. The highest BCUT2D eigenvalue weighted by Crippen LogP contribution is 2.63. The average molecular weight is 564 g/mol. The summed E-state index contributed by atoms with van der Waals surface area (Å²) in [6, 6.07) is 0. The third kappa shape index (κ3) is 5.95. The molecular formula is C16H18Cl3F13. The van der Waals surface area contributed by atoms with Gasteiger partial charge in [0.2, 0.25) is 0 Å². The topological polar surface area (TPSA) is 0 Å². The fraction of sp³-hybridized carbons (Fsp3) is 1.00. The van der Waals surface area contributed by atoms with Gasteiger partial charge in [-0.2, -0.15) is 57.1 Å².